The van der Waals surface area contributed by atoms with Gasteiger partial charge in [-0.25, -0.2) is 0 Å². The van der Waals surface area contributed by atoms with E-state index in [1.54, 1.807) is 39.1 Å². The number of halogens is 2. The molecule has 1 atom stereocenters. The van der Waals surface area contributed by atoms with Gasteiger partial charge in [-0.15, -0.1) is 0 Å². The molecule has 1 unspecified atom stereocenters. The van der Waals surface area contributed by atoms with Crippen LogP contribution >= 0.6 is 0 Å². The van der Waals surface area contributed by atoms with Crippen molar-refractivity contribution in [1.82, 2.24) is 0 Å². The summed E-state index contributed by atoms with van der Waals surface area (Å²) < 4.78 is 1.62. The van der Waals surface area contributed by atoms with Crippen LogP contribution in [0.5, 0.6) is 0 Å². The van der Waals surface area contributed by atoms with Gasteiger partial charge in [0, 0.05) is 0 Å². The number of allylic oxidation sites excluding steroid dienone is 8. The maximum atomic E-state index is 2.39. The zero-order valence-electron chi connectivity index (χ0n) is 10.7. The summed E-state index contributed by atoms with van der Waals surface area (Å²) in [6.07, 6.45) is 7.89. The number of hydrogen-bond donors (Lipinski definition) is 0. The molecule has 91 valence electrons. The molecule has 0 amide bonds. The molecule has 0 saturated heterocycles. The predicted octanol–water partition coefficient (Wildman–Crippen LogP) is -1.94. The van der Waals surface area contributed by atoms with Crippen LogP contribution in [-0.4, -0.2) is 0 Å². The van der Waals surface area contributed by atoms with Crippen LogP contribution in [-0.2, 0) is 24.7 Å². The van der Waals surface area contributed by atoms with Gasteiger partial charge in [-0.3, -0.25) is 0 Å². The van der Waals surface area contributed by atoms with Crippen LogP contribution in [0.15, 0.2) is 43.8 Å². The predicted molar refractivity (Wildman–Crippen MR) is 61.0 cm³/mol. The molecule has 17 heavy (non-hydrogen) atoms. The van der Waals surface area contributed by atoms with Crippen molar-refractivity contribution in [2.75, 3.05) is 0 Å². The molecule has 0 N–H and O–H groups in total. The van der Waals surface area contributed by atoms with Gasteiger partial charge in [0.25, 0.3) is 0 Å². The van der Waals surface area contributed by atoms with E-state index in [4.69, 9.17) is 0 Å². The van der Waals surface area contributed by atoms with Gasteiger partial charge in [-0.2, -0.15) is 0 Å². The van der Waals surface area contributed by atoms with Crippen molar-refractivity contribution in [1.29, 1.82) is 0 Å². The van der Waals surface area contributed by atoms with Crippen LogP contribution in [0.4, 0.5) is 0 Å². The molecule has 0 saturated carbocycles. The largest absolute Gasteiger partial charge is 1.00 e. The van der Waals surface area contributed by atoms with Crippen molar-refractivity contribution < 1.29 is 49.5 Å². The van der Waals surface area contributed by atoms with Crippen LogP contribution in [0.2, 0.25) is 0 Å². The van der Waals surface area contributed by atoms with E-state index in [1.807, 2.05) is 0 Å². The molecule has 0 aromatic heterocycles. The molecule has 2 aliphatic rings. The Balaban J connectivity index is 0.00000128. The zero-order valence-corrected chi connectivity index (χ0v) is 14.7. The Morgan fingerprint density at radius 3 is 2.06 bits per heavy atom. The minimum Gasteiger partial charge on any atom is -1.00 e. The van der Waals surface area contributed by atoms with Crippen LogP contribution in [0.1, 0.15) is 34.1 Å². The standard InChI is InChI=1S/C14H17.2ClH.Zr/c1-10-9-14(4,12(3)11(10)2)13-7-5-6-8-13;;;/h5-7H,8H2,1-4H3;2*1H;/q;;;+2/p-2. The number of rotatable bonds is 1. The maximum absolute atomic E-state index is 2.39. The van der Waals surface area contributed by atoms with Gasteiger partial charge in [0.2, 0.25) is 0 Å². The molecule has 0 heterocycles. The minimum atomic E-state index is 0. The molecule has 0 aromatic carbocycles. The van der Waals surface area contributed by atoms with E-state index in [1.165, 1.54) is 11.1 Å². The molecule has 0 nitrogen and oxygen atoms in total. The summed E-state index contributed by atoms with van der Waals surface area (Å²) in [6, 6.07) is 0. The molecule has 0 radical (unpaired) electrons. The van der Waals surface area contributed by atoms with Crippen LogP contribution in [0.3, 0.4) is 0 Å². The van der Waals surface area contributed by atoms with Gasteiger partial charge >= 0.3 is 108 Å². The van der Waals surface area contributed by atoms with E-state index >= 15 is 0 Å². The van der Waals surface area contributed by atoms with Crippen molar-refractivity contribution in [3.05, 3.63) is 43.8 Å². The summed E-state index contributed by atoms with van der Waals surface area (Å²) in [5, 5.41) is 0. The molecule has 3 heteroatoms. The molecule has 2 aliphatic carbocycles. The second kappa shape index (κ2) is 6.04. The van der Waals surface area contributed by atoms with Crippen LogP contribution in [0.25, 0.3) is 0 Å². The smallest absolute Gasteiger partial charge is 1.00 e. The summed E-state index contributed by atoms with van der Waals surface area (Å²) in [7, 11) is 0. The third-order valence-corrected chi connectivity index (χ3v) is 6.31. The fourth-order valence-corrected chi connectivity index (χ4v) is 3.94. The average molecular weight is 347 g/mol. The van der Waals surface area contributed by atoms with Gasteiger partial charge in [0.1, 0.15) is 0 Å². The van der Waals surface area contributed by atoms with E-state index in [-0.39, 0.29) is 30.2 Å². The zero-order chi connectivity index (χ0) is 11.2. The maximum Gasteiger partial charge on any atom is -1.00 e. The second-order valence-electron chi connectivity index (χ2n) is 4.70. The average Bonchev–Trinajstić information content (AvgIpc) is 2.81. The van der Waals surface area contributed by atoms with E-state index in [9.17, 15) is 0 Å². The normalized spacial score (nSPS) is 27.1. The van der Waals surface area contributed by atoms with Gasteiger partial charge in [-0.05, 0) is 0 Å². The first kappa shape index (κ1) is 17.4. The summed E-state index contributed by atoms with van der Waals surface area (Å²) in [5.41, 5.74) is 6.40. The van der Waals surface area contributed by atoms with Crippen molar-refractivity contribution >= 4 is 0 Å². The molecular formula is C14H17Cl2Zr. The fourth-order valence-electron chi connectivity index (χ4n) is 2.63. The summed E-state index contributed by atoms with van der Waals surface area (Å²) in [6.45, 7) is 9.24. The van der Waals surface area contributed by atoms with Crippen molar-refractivity contribution in [2.45, 2.75) is 34.1 Å². The van der Waals surface area contributed by atoms with E-state index in [0.717, 1.165) is 6.42 Å². The second-order valence-corrected chi connectivity index (χ2v) is 5.93. The first-order valence-corrected chi connectivity index (χ1v) is 6.70. The topological polar surface area (TPSA) is 0 Å². The van der Waals surface area contributed by atoms with Crippen LogP contribution < -0.4 is 24.8 Å². The Morgan fingerprint density at radius 1 is 1.12 bits per heavy atom. The molecule has 0 fully saturated rings. The van der Waals surface area contributed by atoms with Crippen molar-refractivity contribution in [3.63, 3.8) is 0 Å². The van der Waals surface area contributed by atoms with Gasteiger partial charge in [-0.1, -0.05) is 0 Å². The first-order valence-electron chi connectivity index (χ1n) is 5.47. The van der Waals surface area contributed by atoms with Gasteiger partial charge < -0.3 is 24.8 Å². The van der Waals surface area contributed by atoms with Gasteiger partial charge in [0.15, 0.2) is 0 Å². The molecule has 0 aliphatic heterocycles. The quantitative estimate of drug-likeness (QED) is 0.518. The SMILES string of the molecule is CC1=C(C)C(C)(C2=CC=CC2)[C]([Zr+2])=C1C.[Cl-].[Cl-]. The summed E-state index contributed by atoms with van der Waals surface area (Å²) >= 11 is 1.57. The molecular weight excluding hydrogens is 330 g/mol. The Hall–Kier alpha value is 0.423. The first-order chi connectivity index (χ1) is 6.99. The Bertz CT molecular complexity index is 415. The van der Waals surface area contributed by atoms with Crippen molar-refractivity contribution in [3.8, 4) is 0 Å². The monoisotopic (exact) mass is 345 g/mol. The molecule has 0 bridgehead atoms. The number of hydrogen-bond acceptors (Lipinski definition) is 0. The fraction of sp³-hybridized carbons (Fsp3) is 0.429. The third kappa shape index (κ3) is 2.44. The van der Waals surface area contributed by atoms with Crippen LogP contribution in [0, 0.1) is 5.41 Å². The summed E-state index contributed by atoms with van der Waals surface area (Å²) in [5.74, 6) is 0. The Labute approximate surface area is 132 Å². The Kier molecular flexibility index (Phi) is 6.19. The third-order valence-electron chi connectivity index (χ3n) is 4.16. The Morgan fingerprint density at radius 2 is 1.71 bits per heavy atom. The van der Waals surface area contributed by atoms with E-state index < -0.39 is 0 Å². The summed E-state index contributed by atoms with van der Waals surface area (Å²) in [4.78, 5) is 0. The van der Waals surface area contributed by atoms with Gasteiger partial charge in [0.05, 0.1) is 0 Å². The molecule has 0 aromatic rings. The minimum absolute atomic E-state index is 0. The van der Waals surface area contributed by atoms with E-state index in [0.29, 0.717) is 0 Å². The molecule has 0 spiro atoms. The molecule has 2 rings (SSSR count). The van der Waals surface area contributed by atoms with Crippen molar-refractivity contribution in [2.24, 2.45) is 5.41 Å². The van der Waals surface area contributed by atoms with E-state index in [2.05, 4.69) is 45.9 Å².